The van der Waals surface area contributed by atoms with Gasteiger partial charge in [-0.3, -0.25) is 0 Å². The zero-order valence-electron chi connectivity index (χ0n) is 8.02. The van der Waals surface area contributed by atoms with E-state index in [4.69, 9.17) is 0 Å². The van der Waals surface area contributed by atoms with Crippen LogP contribution in [-0.2, 0) is 0 Å². The van der Waals surface area contributed by atoms with Crippen molar-refractivity contribution in [2.24, 2.45) is 0 Å². The lowest BCUT2D eigenvalue weighted by molar-refractivity contribution is 1.24. The summed E-state index contributed by atoms with van der Waals surface area (Å²) in [6.07, 6.45) is 24.0. The Morgan fingerprint density at radius 3 is 1.54 bits per heavy atom. The van der Waals surface area contributed by atoms with E-state index in [0.29, 0.717) is 0 Å². The van der Waals surface area contributed by atoms with Crippen LogP contribution in [0.15, 0.2) is 48.6 Å². The third-order valence-corrected chi connectivity index (χ3v) is 1.86. The summed E-state index contributed by atoms with van der Waals surface area (Å²) < 4.78 is 0. The van der Waals surface area contributed by atoms with Crippen molar-refractivity contribution < 1.29 is 0 Å². The normalized spacial score (nSPS) is 28.9. The van der Waals surface area contributed by atoms with E-state index in [1.165, 1.54) is 0 Å². The first-order chi connectivity index (χ1) is 6.50. The van der Waals surface area contributed by atoms with Crippen molar-refractivity contribution in [1.29, 1.82) is 0 Å². The van der Waals surface area contributed by atoms with Crippen LogP contribution in [0.4, 0.5) is 0 Å². The molecule has 0 saturated carbocycles. The van der Waals surface area contributed by atoms with Gasteiger partial charge in [0.1, 0.15) is 0 Å². The van der Waals surface area contributed by atoms with Crippen molar-refractivity contribution in [1.82, 2.24) is 0 Å². The Labute approximate surface area is 81.4 Å². The molecular formula is C13H17. The summed E-state index contributed by atoms with van der Waals surface area (Å²) in [5.74, 6) is 0. The van der Waals surface area contributed by atoms with Crippen LogP contribution in [0.2, 0.25) is 0 Å². The predicted molar refractivity (Wildman–Crippen MR) is 59.3 cm³/mol. The minimum absolute atomic E-state index is 1.05. The van der Waals surface area contributed by atoms with E-state index in [-0.39, 0.29) is 0 Å². The molecule has 0 aromatic rings. The van der Waals surface area contributed by atoms with Gasteiger partial charge in [-0.25, -0.2) is 0 Å². The second-order valence-electron chi connectivity index (χ2n) is 3.02. The Balaban J connectivity index is 2.38. The highest BCUT2D eigenvalue weighted by molar-refractivity contribution is 5.05. The standard InChI is InChI=1S/C13H17/c1-2-4-6-8-10-12-13-11-9-7-5-3-1/h1-3,6-9,12-13H,4-5,10-11H2/b2-1+,8-6+,9-7+,13-12+. The molecule has 13 heavy (non-hydrogen) atoms. The van der Waals surface area contributed by atoms with Crippen LogP contribution in [0, 0.1) is 6.42 Å². The molecule has 0 heterocycles. The van der Waals surface area contributed by atoms with Gasteiger partial charge in [-0.2, -0.15) is 0 Å². The largest absolute Gasteiger partial charge is 0.0876 e. The minimum atomic E-state index is 1.05. The fraction of sp³-hybridized carbons (Fsp3) is 0.308. The number of hydrogen-bond donors (Lipinski definition) is 0. The zero-order valence-corrected chi connectivity index (χ0v) is 8.02. The first-order valence-electron chi connectivity index (χ1n) is 4.93. The molecule has 69 valence electrons. The van der Waals surface area contributed by atoms with Crippen LogP contribution in [0.1, 0.15) is 25.7 Å². The molecule has 0 aliphatic heterocycles. The van der Waals surface area contributed by atoms with Gasteiger partial charge in [-0.15, -0.1) is 0 Å². The SMILES string of the molecule is [CH]1/C=C/C/C=C/C/C=C/C/C=C/C1. The van der Waals surface area contributed by atoms with E-state index in [1.807, 2.05) is 0 Å². The van der Waals surface area contributed by atoms with Gasteiger partial charge in [0, 0.05) is 0 Å². The maximum absolute atomic E-state index is 2.21. The number of allylic oxidation sites excluding steroid dienone is 8. The molecule has 1 aliphatic carbocycles. The summed E-state index contributed by atoms with van der Waals surface area (Å²) in [4.78, 5) is 0. The van der Waals surface area contributed by atoms with Crippen molar-refractivity contribution in [3.8, 4) is 0 Å². The quantitative estimate of drug-likeness (QED) is 0.486. The van der Waals surface area contributed by atoms with Crippen molar-refractivity contribution in [3.05, 3.63) is 55.0 Å². The van der Waals surface area contributed by atoms with Gasteiger partial charge < -0.3 is 0 Å². The van der Waals surface area contributed by atoms with Gasteiger partial charge in [0.15, 0.2) is 0 Å². The summed E-state index contributed by atoms with van der Waals surface area (Å²) >= 11 is 0. The number of hydrogen-bond acceptors (Lipinski definition) is 0. The molecule has 1 radical (unpaired) electrons. The molecule has 0 saturated heterocycles. The van der Waals surface area contributed by atoms with Crippen LogP contribution in [0.25, 0.3) is 0 Å². The van der Waals surface area contributed by atoms with Crippen molar-refractivity contribution in [3.63, 3.8) is 0 Å². The Bertz CT molecular complexity index is 192. The highest BCUT2D eigenvalue weighted by atomic mass is 13.9. The topological polar surface area (TPSA) is 0 Å². The Kier molecular flexibility index (Phi) is 5.87. The molecule has 0 aromatic heterocycles. The van der Waals surface area contributed by atoms with E-state index in [2.05, 4.69) is 55.0 Å². The van der Waals surface area contributed by atoms with Gasteiger partial charge in [-0.1, -0.05) is 48.6 Å². The van der Waals surface area contributed by atoms with E-state index in [0.717, 1.165) is 25.7 Å². The molecule has 0 aromatic carbocycles. The number of rotatable bonds is 0. The molecule has 0 bridgehead atoms. The van der Waals surface area contributed by atoms with Gasteiger partial charge in [0.25, 0.3) is 0 Å². The molecule has 0 unspecified atom stereocenters. The first-order valence-corrected chi connectivity index (χ1v) is 4.93. The Morgan fingerprint density at radius 1 is 0.462 bits per heavy atom. The highest BCUT2D eigenvalue weighted by Crippen LogP contribution is 1.98. The molecular weight excluding hydrogens is 156 g/mol. The molecule has 0 amide bonds. The highest BCUT2D eigenvalue weighted by Gasteiger charge is 1.79. The molecule has 0 fully saturated rings. The smallest absolute Gasteiger partial charge is 0.0133 e. The summed E-state index contributed by atoms with van der Waals surface area (Å²) in [6.45, 7) is 0. The van der Waals surface area contributed by atoms with Gasteiger partial charge >= 0.3 is 0 Å². The summed E-state index contributed by atoms with van der Waals surface area (Å²) in [5, 5.41) is 0. The molecule has 0 heteroatoms. The summed E-state index contributed by atoms with van der Waals surface area (Å²) in [7, 11) is 0. The third-order valence-electron chi connectivity index (χ3n) is 1.86. The predicted octanol–water partition coefficient (Wildman–Crippen LogP) is 3.99. The fourth-order valence-corrected chi connectivity index (χ4v) is 1.14. The second-order valence-corrected chi connectivity index (χ2v) is 3.02. The fourth-order valence-electron chi connectivity index (χ4n) is 1.14. The summed E-state index contributed by atoms with van der Waals surface area (Å²) in [5.41, 5.74) is 0. The van der Waals surface area contributed by atoms with E-state index >= 15 is 0 Å². The maximum Gasteiger partial charge on any atom is -0.0133 e. The van der Waals surface area contributed by atoms with E-state index < -0.39 is 0 Å². The third kappa shape index (κ3) is 6.15. The molecule has 1 aliphatic rings. The van der Waals surface area contributed by atoms with Gasteiger partial charge in [0.2, 0.25) is 0 Å². The van der Waals surface area contributed by atoms with Crippen LogP contribution in [0.3, 0.4) is 0 Å². The van der Waals surface area contributed by atoms with Gasteiger partial charge in [0.05, 0.1) is 0 Å². The van der Waals surface area contributed by atoms with E-state index in [9.17, 15) is 0 Å². The van der Waals surface area contributed by atoms with Crippen LogP contribution < -0.4 is 0 Å². The average molecular weight is 173 g/mol. The van der Waals surface area contributed by atoms with Crippen LogP contribution in [0.5, 0.6) is 0 Å². The van der Waals surface area contributed by atoms with E-state index in [1.54, 1.807) is 0 Å². The lowest BCUT2D eigenvalue weighted by atomic mass is 10.2. The maximum atomic E-state index is 2.21. The Hall–Kier alpha value is -1.04. The monoisotopic (exact) mass is 173 g/mol. The zero-order chi connectivity index (χ0) is 9.19. The Morgan fingerprint density at radius 2 is 0.923 bits per heavy atom. The van der Waals surface area contributed by atoms with Crippen LogP contribution >= 0.6 is 0 Å². The van der Waals surface area contributed by atoms with Crippen molar-refractivity contribution >= 4 is 0 Å². The molecule has 0 nitrogen and oxygen atoms in total. The molecule has 1 rings (SSSR count). The first kappa shape index (κ1) is 10.0. The minimum Gasteiger partial charge on any atom is -0.0876 e. The second kappa shape index (κ2) is 7.60. The van der Waals surface area contributed by atoms with Crippen molar-refractivity contribution in [2.75, 3.05) is 0 Å². The van der Waals surface area contributed by atoms with Gasteiger partial charge in [-0.05, 0) is 32.1 Å². The molecule has 0 atom stereocenters. The molecule has 0 spiro atoms. The van der Waals surface area contributed by atoms with Crippen LogP contribution in [-0.4, -0.2) is 0 Å². The lowest BCUT2D eigenvalue weighted by Gasteiger charge is -1.85. The average Bonchev–Trinajstić information content (AvgIpc) is 2.18. The molecule has 0 N–H and O–H groups in total. The summed E-state index contributed by atoms with van der Waals surface area (Å²) in [6, 6.07) is 0. The lowest BCUT2D eigenvalue weighted by Crippen LogP contribution is -1.66. The van der Waals surface area contributed by atoms with Crippen molar-refractivity contribution in [2.45, 2.75) is 25.7 Å².